The van der Waals surface area contributed by atoms with Gasteiger partial charge in [0.05, 0.1) is 40.3 Å². The van der Waals surface area contributed by atoms with Crippen molar-refractivity contribution in [2.45, 2.75) is 276 Å². The van der Waals surface area contributed by atoms with Crippen LogP contribution in [0.4, 0.5) is 0 Å². The third-order valence-corrected chi connectivity index (χ3v) is 12.8. The zero-order valence-electron chi connectivity index (χ0n) is 44.1. The number of carboxylic acid groups (broad SMARTS) is 1. The first-order valence-electron chi connectivity index (χ1n) is 28.0. The number of quaternary nitrogens is 1. The van der Waals surface area contributed by atoms with Crippen LogP contribution in [0.2, 0.25) is 0 Å². The summed E-state index contributed by atoms with van der Waals surface area (Å²) in [6, 6.07) is -0.728. The molecule has 0 spiro atoms. The fourth-order valence-corrected chi connectivity index (χ4v) is 8.43. The molecule has 66 heavy (non-hydrogen) atoms. The van der Waals surface area contributed by atoms with Crippen molar-refractivity contribution in [1.82, 2.24) is 0 Å². The van der Waals surface area contributed by atoms with Crippen molar-refractivity contribution >= 4 is 17.9 Å². The van der Waals surface area contributed by atoms with Gasteiger partial charge in [0.2, 0.25) is 0 Å². The van der Waals surface area contributed by atoms with Crippen LogP contribution in [0.3, 0.4) is 0 Å². The molecule has 386 valence electrons. The maximum atomic E-state index is 12.8. The van der Waals surface area contributed by atoms with E-state index in [0.29, 0.717) is 12.8 Å². The van der Waals surface area contributed by atoms with Gasteiger partial charge in [-0.25, -0.2) is 0 Å². The first kappa shape index (κ1) is 63.5. The molecule has 8 heteroatoms. The predicted molar refractivity (Wildman–Crippen MR) is 277 cm³/mol. The highest BCUT2D eigenvalue weighted by Gasteiger charge is 2.25. The maximum Gasteiger partial charge on any atom is 0.306 e. The largest absolute Gasteiger partial charge is 0.544 e. The standard InChI is InChI=1S/C58H107NO7/c1-6-8-10-12-14-16-18-20-22-24-26-27-28-29-31-32-34-36-38-40-42-44-46-48-56(60)65-53-54(52-64-51-50-55(58(62)63)59(3,4)5)66-57(61)49-47-45-43-41-39-37-35-33-30-25-23-21-19-17-15-13-11-9-7-2/h15,17,21,23,30,33,54-55H,6-14,16,18-20,22,24-29,31-32,34-53H2,1-5H3/b17-15-,23-21-,33-30-. The van der Waals surface area contributed by atoms with Gasteiger partial charge < -0.3 is 28.6 Å². The number of aliphatic carboxylic acids is 1. The predicted octanol–water partition coefficient (Wildman–Crippen LogP) is 15.2. The Labute approximate surface area is 408 Å². The molecule has 0 amide bonds. The molecule has 0 saturated carbocycles. The monoisotopic (exact) mass is 930 g/mol. The van der Waals surface area contributed by atoms with Crippen LogP contribution in [0.15, 0.2) is 36.5 Å². The average molecular weight is 930 g/mol. The van der Waals surface area contributed by atoms with Crippen molar-refractivity contribution in [3.05, 3.63) is 36.5 Å². The average Bonchev–Trinajstić information content (AvgIpc) is 3.28. The molecular formula is C58H107NO7. The Hall–Kier alpha value is -2.45. The zero-order chi connectivity index (χ0) is 48.4. The second-order valence-corrected chi connectivity index (χ2v) is 20.2. The summed E-state index contributed by atoms with van der Waals surface area (Å²) in [6.07, 6.45) is 59.0. The number of carbonyl (C=O) groups is 3. The highest BCUT2D eigenvalue weighted by atomic mass is 16.6. The quantitative estimate of drug-likeness (QED) is 0.0259. The Kier molecular flexibility index (Phi) is 47.2. The maximum absolute atomic E-state index is 12.8. The van der Waals surface area contributed by atoms with E-state index < -0.39 is 18.1 Å². The van der Waals surface area contributed by atoms with Gasteiger partial charge >= 0.3 is 11.9 Å². The van der Waals surface area contributed by atoms with E-state index in [1.165, 1.54) is 167 Å². The topological polar surface area (TPSA) is 102 Å². The normalized spacial score (nSPS) is 13.0. The van der Waals surface area contributed by atoms with Gasteiger partial charge in [0.1, 0.15) is 12.6 Å². The van der Waals surface area contributed by atoms with E-state index in [4.69, 9.17) is 14.2 Å². The number of ether oxygens (including phenoxy) is 3. The fourth-order valence-electron chi connectivity index (χ4n) is 8.43. The van der Waals surface area contributed by atoms with Crippen molar-refractivity contribution in [1.29, 1.82) is 0 Å². The van der Waals surface area contributed by atoms with E-state index >= 15 is 0 Å². The zero-order valence-corrected chi connectivity index (χ0v) is 44.1. The molecule has 0 saturated heterocycles. The number of carboxylic acids is 1. The Morgan fingerprint density at radius 2 is 0.803 bits per heavy atom. The first-order valence-corrected chi connectivity index (χ1v) is 28.0. The van der Waals surface area contributed by atoms with Gasteiger partial charge in [-0.1, -0.05) is 230 Å². The van der Waals surface area contributed by atoms with Crippen LogP contribution in [0.5, 0.6) is 0 Å². The molecule has 0 radical (unpaired) electrons. The number of unbranched alkanes of at least 4 members (excludes halogenated alkanes) is 31. The molecule has 0 aliphatic carbocycles. The number of nitrogens with zero attached hydrogens (tertiary/aromatic N) is 1. The van der Waals surface area contributed by atoms with Crippen LogP contribution in [-0.4, -0.2) is 75.5 Å². The van der Waals surface area contributed by atoms with Crippen LogP contribution < -0.4 is 5.11 Å². The molecule has 0 aromatic carbocycles. The summed E-state index contributed by atoms with van der Waals surface area (Å²) in [5.74, 6) is -1.73. The SMILES string of the molecule is CCCCC/C=C\C/C=C\C/C=C\CCCCCCCCC(=O)OC(COCCC(C(=O)[O-])[N+](C)(C)C)COC(=O)CCCCCCCCCCCCCCCCCCCCCCCCC. The van der Waals surface area contributed by atoms with E-state index in [1.54, 1.807) is 0 Å². The summed E-state index contributed by atoms with van der Waals surface area (Å²) < 4.78 is 17.3. The molecule has 0 heterocycles. The number of rotatable bonds is 51. The second kappa shape index (κ2) is 49.0. The number of hydrogen-bond donors (Lipinski definition) is 0. The van der Waals surface area contributed by atoms with E-state index in [0.717, 1.165) is 64.2 Å². The number of esters is 2. The van der Waals surface area contributed by atoms with Gasteiger partial charge in [-0.15, -0.1) is 0 Å². The Morgan fingerprint density at radius 1 is 0.455 bits per heavy atom. The van der Waals surface area contributed by atoms with E-state index in [-0.39, 0.29) is 42.7 Å². The first-order chi connectivity index (χ1) is 32.1. The van der Waals surface area contributed by atoms with Crippen LogP contribution in [-0.2, 0) is 28.6 Å². The van der Waals surface area contributed by atoms with Crippen LogP contribution >= 0.6 is 0 Å². The third kappa shape index (κ3) is 46.7. The van der Waals surface area contributed by atoms with Crippen LogP contribution in [0.1, 0.15) is 264 Å². The number of hydrogen-bond acceptors (Lipinski definition) is 7. The molecule has 0 aliphatic heterocycles. The smallest absolute Gasteiger partial charge is 0.306 e. The van der Waals surface area contributed by atoms with E-state index in [9.17, 15) is 19.5 Å². The van der Waals surface area contributed by atoms with Crippen molar-refractivity contribution in [3.8, 4) is 0 Å². The molecule has 0 fully saturated rings. The minimum Gasteiger partial charge on any atom is -0.544 e. The summed E-state index contributed by atoms with van der Waals surface area (Å²) in [5, 5.41) is 11.7. The Morgan fingerprint density at radius 3 is 1.21 bits per heavy atom. The lowest BCUT2D eigenvalue weighted by Gasteiger charge is -2.34. The van der Waals surface area contributed by atoms with Crippen LogP contribution in [0, 0.1) is 0 Å². The van der Waals surface area contributed by atoms with E-state index in [1.807, 2.05) is 21.1 Å². The van der Waals surface area contributed by atoms with Crippen molar-refractivity contribution in [3.63, 3.8) is 0 Å². The molecule has 8 nitrogen and oxygen atoms in total. The summed E-state index contributed by atoms with van der Waals surface area (Å²) in [4.78, 5) is 37.1. The molecular weight excluding hydrogens is 823 g/mol. The van der Waals surface area contributed by atoms with Gasteiger partial charge in [-0.2, -0.15) is 0 Å². The highest BCUT2D eigenvalue weighted by Crippen LogP contribution is 2.17. The molecule has 0 aliphatic rings. The molecule has 0 bridgehead atoms. The molecule has 0 aromatic heterocycles. The molecule has 0 N–H and O–H groups in total. The van der Waals surface area contributed by atoms with Gasteiger partial charge in [0.15, 0.2) is 6.10 Å². The number of carbonyl (C=O) groups excluding carboxylic acids is 3. The minimum absolute atomic E-state index is 0.0383. The second-order valence-electron chi connectivity index (χ2n) is 20.2. The van der Waals surface area contributed by atoms with Crippen molar-refractivity contribution in [2.75, 3.05) is 41.0 Å². The summed E-state index contributed by atoms with van der Waals surface area (Å²) in [5.41, 5.74) is 0. The third-order valence-electron chi connectivity index (χ3n) is 12.8. The molecule has 2 atom stereocenters. The Bertz CT molecular complexity index is 1170. The fraction of sp³-hybridized carbons (Fsp3) is 0.845. The highest BCUT2D eigenvalue weighted by molar-refractivity contribution is 5.70. The van der Waals surface area contributed by atoms with Gasteiger partial charge in [-0.05, 0) is 51.4 Å². The summed E-state index contributed by atoms with van der Waals surface area (Å²) in [7, 11) is 5.42. The van der Waals surface area contributed by atoms with Gasteiger partial charge in [-0.3, -0.25) is 9.59 Å². The number of allylic oxidation sites excluding steroid dienone is 6. The Balaban J connectivity index is 4.17. The molecule has 0 rings (SSSR count). The van der Waals surface area contributed by atoms with E-state index in [2.05, 4.69) is 50.3 Å². The lowest BCUT2D eigenvalue weighted by molar-refractivity contribution is -0.889. The lowest BCUT2D eigenvalue weighted by atomic mass is 10.0. The minimum atomic E-state index is -1.12. The molecule has 2 unspecified atom stereocenters. The van der Waals surface area contributed by atoms with Crippen molar-refractivity contribution < 1.29 is 38.2 Å². The summed E-state index contributed by atoms with van der Waals surface area (Å²) in [6.45, 7) is 4.67. The summed E-state index contributed by atoms with van der Waals surface area (Å²) >= 11 is 0. The van der Waals surface area contributed by atoms with Gasteiger partial charge in [0.25, 0.3) is 0 Å². The van der Waals surface area contributed by atoms with Crippen LogP contribution in [0.25, 0.3) is 0 Å². The lowest BCUT2D eigenvalue weighted by Crippen LogP contribution is -2.55. The van der Waals surface area contributed by atoms with Crippen molar-refractivity contribution in [2.24, 2.45) is 0 Å². The number of likely N-dealkylation sites (N-methyl/N-ethyl adjacent to an activating group) is 1. The molecule has 0 aromatic rings. The van der Waals surface area contributed by atoms with Gasteiger partial charge in [0, 0.05) is 19.3 Å².